The highest BCUT2D eigenvalue weighted by molar-refractivity contribution is 6.43. The number of hydrogen-bond donors (Lipinski definition) is 1. The molecular formula is C12H10Cl4N2O. The first-order chi connectivity index (χ1) is 8.99. The zero-order chi connectivity index (χ0) is 14.6. The molecule has 0 amide bonds. The lowest BCUT2D eigenvalue weighted by Crippen LogP contribution is -1.91. The second kappa shape index (κ2) is 7.15. The van der Waals surface area contributed by atoms with E-state index in [9.17, 15) is 5.11 Å². The summed E-state index contributed by atoms with van der Waals surface area (Å²) in [6.07, 6.45) is 0. The average Bonchev–Trinajstić information content (AvgIpc) is 2.39. The predicted molar refractivity (Wildman–Crippen MR) is 80.5 cm³/mol. The molecule has 1 heterocycles. The molecule has 0 aliphatic rings. The van der Waals surface area contributed by atoms with Crippen molar-refractivity contribution in [1.82, 2.24) is 9.97 Å². The summed E-state index contributed by atoms with van der Waals surface area (Å²) in [6, 6.07) is 4.48. The first-order valence-electron chi connectivity index (χ1n) is 5.36. The molecule has 0 fully saturated rings. The van der Waals surface area contributed by atoms with Gasteiger partial charge in [0.1, 0.15) is 10.8 Å². The summed E-state index contributed by atoms with van der Waals surface area (Å²) in [5, 5.41) is 10.2. The third-order valence-corrected chi connectivity index (χ3v) is 3.13. The SMILES string of the molecule is CC.Oc1ccc(Cl)cc1-c1nc(Cl)nc(Cl)c1Cl. The van der Waals surface area contributed by atoms with Gasteiger partial charge in [0.2, 0.25) is 5.28 Å². The van der Waals surface area contributed by atoms with Crippen LogP contribution in [0.3, 0.4) is 0 Å². The molecule has 1 N–H and O–H groups in total. The Morgan fingerprint density at radius 2 is 1.63 bits per heavy atom. The van der Waals surface area contributed by atoms with E-state index in [0.29, 0.717) is 10.6 Å². The van der Waals surface area contributed by atoms with Crippen molar-refractivity contribution in [1.29, 1.82) is 0 Å². The van der Waals surface area contributed by atoms with Gasteiger partial charge in [-0.05, 0) is 29.8 Å². The van der Waals surface area contributed by atoms with Crippen LogP contribution >= 0.6 is 46.4 Å². The van der Waals surface area contributed by atoms with E-state index in [4.69, 9.17) is 46.4 Å². The molecule has 0 saturated heterocycles. The van der Waals surface area contributed by atoms with Gasteiger partial charge in [0.05, 0.1) is 5.69 Å². The van der Waals surface area contributed by atoms with E-state index in [-0.39, 0.29) is 26.9 Å². The van der Waals surface area contributed by atoms with Gasteiger partial charge in [-0.15, -0.1) is 0 Å². The Kier molecular flexibility index (Phi) is 6.14. The average molecular weight is 340 g/mol. The number of phenolic OH excluding ortho intramolecular Hbond substituents is 1. The Hall–Kier alpha value is -0.740. The van der Waals surface area contributed by atoms with Crippen LogP contribution in [0.15, 0.2) is 18.2 Å². The van der Waals surface area contributed by atoms with E-state index in [1.807, 2.05) is 13.8 Å². The van der Waals surface area contributed by atoms with Crippen LogP contribution in [0.25, 0.3) is 11.3 Å². The fourth-order valence-corrected chi connectivity index (χ4v) is 2.01. The molecule has 1 aromatic carbocycles. The molecule has 0 unspecified atom stereocenters. The van der Waals surface area contributed by atoms with Crippen molar-refractivity contribution in [2.45, 2.75) is 13.8 Å². The number of nitrogens with zero attached hydrogens (tertiary/aromatic N) is 2. The normalized spacial score (nSPS) is 9.79. The minimum atomic E-state index is -0.0613. The Labute approximate surface area is 131 Å². The number of aromatic hydroxyl groups is 1. The van der Waals surface area contributed by atoms with Crippen LogP contribution in [0.2, 0.25) is 20.5 Å². The molecule has 19 heavy (non-hydrogen) atoms. The van der Waals surface area contributed by atoms with Gasteiger partial charge in [0.15, 0.2) is 5.15 Å². The molecule has 1 aromatic heterocycles. The third kappa shape index (κ3) is 3.86. The minimum absolute atomic E-state index is 0.0149. The van der Waals surface area contributed by atoms with Crippen molar-refractivity contribution < 1.29 is 5.11 Å². The minimum Gasteiger partial charge on any atom is -0.507 e. The summed E-state index contributed by atoms with van der Waals surface area (Å²) in [5.74, 6) is -0.0258. The summed E-state index contributed by atoms with van der Waals surface area (Å²) in [7, 11) is 0. The van der Waals surface area contributed by atoms with Gasteiger partial charge in [0.25, 0.3) is 0 Å². The number of aromatic nitrogens is 2. The van der Waals surface area contributed by atoms with E-state index in [0.717, 1.165) is 0 Å². The highest BCUT2D eigenvalue weighted by Crippen LogP contribution is 2.37. The van der Waals surface area contributed by atoms with E-state index in [1.165, 1.54) is 12.1 Å². The van der Waals surface area contributed by atoms with E-state index >= 15 is 0 Å². The zero-order valence-electron chi connectivity index (χ0n) is 10.1. The molecule has 102 valence electrons. The van der Waals surface area contributed by atoms with Gasteiger partial charge < -0.3 is 5.11 Å². The van der Waals surface area contributed by atoms with Crippen LogP contribution < -0.4 is 0 Å². The fourth-order valence-electron chi connectivity index (χ4n) is 1.27. The largest absolute Gasteiger partial charge is 0.507 e. The lowest BCUT2D eigenvalue weighted by atomic mass is 10.1. The predicted octanol–water partition coefficient (Wildman–Crippen LogP) is 5.49. The van der Waals surface area contributed by atoms with Crippen molar-refractivity contribution in [2.75, 3.05) is 0 Å². The van der Waals surface area contributed by atoms with Gasteiger partial charge in [-0.3, -0.25) is 0 Å². The van der Waals surface area contributed by atoms with Crippen LogP contribution in [0.4, 0.5) is 0 Å². The molecule has 2 aromatic rings. The lowest BCUT2D eigenvalue weighted by Gasteiger charge is -2.07. The van der Waals surface area contributed by atoms with Crippen LogP contribution in [-0.2, 0) is 0 Å². The van der Waals surface area contributed by atoms with Gasteiger partial charge >= 0.3 is 0 Å². The molecule has 0 aliphatic carbocycles. The Morgan fingerprint density at radius 1 is 1.00 bits per heavy atom. The maximum Gasteiger partial charge on any atom is 0.224 e. The molecule has 3 nitrogen and oxygen atoms in total. The first-order valence-corrected chi connectivity index (χ1v) is 6.87. The van der Waals surface area contributed by atoms with Crippen LogP contribution in [0.1, 0.15) is 13.8 Å². The van der Waals surface area contributed by atoms with Gasteiger partial charge in [0, 0.05) is 10.6 Å². The molecule has 0 spiro atoms. The second-order valence-corrected chi connectivity index (χ2v) is 4.62. The smallest absolute Gasteiger partial charge is 0.224 e. The highest BCUT2D eigenvalue weighted by Gasteiger charge is 2.15. The summed E-state index contributed by atoms with van der Waals surface area (Å²) in [5.41, 5.74) is 0.574. The molecule has 0 bridgehead atoms. The topological polar surface area (TPSA) is 46.0 Å². The molecular weight excluding hydrogens is 330 g/mol. The van der Waals surface area contributed by atoms with Crippen LogP contribution in [0, 0.1) is 0 Å². The standard InChI is InChI=1S/C10H4Cl4N2O.C2H6/c11-4-1-2-6(17)5(3-4)8-7(12)9(13)16-10(14)15-8;1-2/h1-3,17H;1-2H3. The molecule has 7 heteroatoms. The summed E-state index contributed by atoms with van der Waals surface area (Å²) in [6.45, 7) is 4.00. The van der Waals surface area contributed by atoms with E-state index in [1.54, 1.807) is 6.07 Å². The fraction of sp³-hybridized carbons (Fsp3) is 0.167. The quantitative estimate of drug-likeness (QED) is 0.552. The summed E-state index contributed by atoms with van der Waals surface area (Å²) in [4.78, 5) is 7.61. The molecule has 0 atom stereocenters. The van der Waals surface area contributed by atoms with E-state index < -0.39 is 0 Å². The number of halogens is 4. The number of rotatable bonds is 1. The zero-order valence-corrected chi connectivity index (χ0v) is 13.1. The Morgan fingerprint density at radius 3 is 2.26 bits per heavy atom. The molecule has 2 rings (SSSR count). The lowest BCUT2D eigenvalue weighted by molar-refractivity contribution is 0.477. The second-order valence-electron chi connectivity index (χ2n) is 3.11. The van der Waals surface area contributed by atoms with Crippen molar-refractivity contribution in [2.24, 2.45) is 0 Å². The Bertz CT molecular complexity index is 590. The molecule has 0 saturated carbocycles. The molecule has 0 aliphatic heterocycles. The molecule has 0 radical (unpaired) electrons. The number of hydrogen-bond acceptors (Lipinski definition) is 3. The third-order valence-electron chi connectivity index (χ3n) is 2.00. The van der Waals surface area contributed by atoms with E-state index in [2.05, 4.69) is 9.97 Å². The van der Waals surface area contributed by atoms with Crippen molar-refractivity contribution in [3.05, 3.63) is 38.7 Å². The number of phenols is 1. The summed E-state index contributed by atoms with van der Waals surface area (Å²) < 4.78 is 0. The van der Waals surface area contributed by atoms with Gasteiger partial charge in [-0.25, -0.2) is 9.97 Å². The van der Waals surface area contributed by atoms with Crippen molar-refractivity contribution in [3.63, 3.8) is 0 Å². The maximum atomic E-state index is 9.73. The first kappa shape index (κ1) is 16.3. The van der Waals surface area contributed by atoms with Crippen molar-refractivity contribution in [3.8, 4) is 17.0 Å². The van der Waals surface area contributed by atoms with Gasteiger partial charge in [-0.1, -0.05) is 48.7 Å². The Balaban J connectivity index is 0.000000861. The van der Waals surface area contributed by atoms with Crippen LogP contribution in [0.5, 0.6) is 5.75 Å². The van der Waals surface area contributed by atoms with Crippen molar-refractivity contribution >= 4 is 46.4 Å². The highest BCUT2D eigenvalue weighted by atomic mass is 35.5. The maximum absolute atomic E-state index is 9.73. The summed E-state index contributed by atoms with van der Waals surface area (Å²) >= 11 is 23.3. The monoisotopic (exact) mass is 338 g/mol. The van der Waals surface area contributed by atoms with Crippen LogP contribution in [-0.4, -0.2) is 15.1 Å². The van der Waals surface area contributed by atoms with Gasteiger partial charge in [-0.2, -0.15) is 0 Å². The number of benzene rings is 1.